The lowest BCUT2D eigenvalue weighted by Gasteiger charge is -2.35. The number of likely N-dealkylation sites (tertiary alicyclic amines) is 1. The van der Waals surface area contributed by atoms with Crippen LogP contribution in [0.5, 0.6) is 0 Å². The molecule has 0 saturated carbocycles. The average molecular weight is 383 g/mol. The molecule has 1 N–H and O–H groups in total. The van der Waals surface area contributed by atoms with Crippen LogP contribution in [0, 0.1) is 11.7 Å². The van der Waals surface area contributed by atoms with Crippen molar-refractivity contribution in [3.05, 3.63) is 66.0 Å². The fourth-order valence-corrected chi connectivity index (χ4v) is 3.53. The summed E-state index contributed by atoms with van der Waals surface area (Å²) in [4.78, 5) is 28.9. The van der Waals surface area contributed by atoms with Gasteiger partial charge in [-0.15, -0.1) is 0 Å². The van der Waals surface area contributed by atoms with Gasteiger partial charge in [0, 0.05) is 25.8 Å². The van der Waals surface area contributed by atoms with E-state index in [1.807, 2.05) is 37.3 Å². The first kappa shape index (κ1) is 19.9. The summed E-state index contributed by atoms with van der Waals surface area (Å²) in [6.45, 7) is 2.96. The number of nitrogens with zero attached hydrogens (tertiary/aromatic N) is 2. The first-order chi connectivity index (χ1) is 13.5. The Balaban J connectivity index is 1.61. The van der Waals surface area contributed by atoms with Crippen molar-refractivity contribution in [2.75, 3.05) is 25.5 Å². The fraction of sp³-hybridized carbons (Fsp3) is 0.364. The second kappa shape index (κ2) is 8.87. The molecule has 2 aromatic carbocycles. The van der Waals surface area contributed by atoms with Crippen LogP contribution in [0.3, 0.4) is 0 Å². The number of amides is 3. The number of hydrogen-bond acceptors (Lipinski definition) is 2. The Kier molecular flexibility index (Phi) is 6.29. The molecule has 5 nitrogen and oxygen atoms in total. The minimum absolute atomic E-state index is 0.00837. The number of carbonyl (C=O) groups is 2. The van der Waals surface area contributed by atoms with Gasteiger partial charge in [0.25, 0.3) is 0 Å². The van der Waals surface area contributed by atoms with E-state index in [1.54, 1.807) is 29.0 Å². The van der Waals surface area contributed by atoms with E-state index >= 15 is 0 Å². The van der Waals surface area contributed by atoms with Gasteiger partial charge in [-0.1, -0.05) is 30.3 Å². The maximum Gasteiger partial charge on any atom is 0.321 e. The highest BCUT2D eigenvalue weighted by Gasteiger charge is 2.31. The van der Waals surface area contributed by atoms with Crippen molar-refractivity contribution in [3.63, 3.8) is 0 Å². The zero-order valence-electron chi connectivity index (χ0n) is 16.3. The minimum Gasteiger partial charge on any atom is -0.339 e. The summed E-state index contributed by atoms with van der Waals surface area (Å²) < 4.78 is 13.2. The summed E-state index contributed by atoms with van der Waals surface area (Å²) in [6.07, 6.45) is 1.55. The van der Waals surface area contributed by atoms with Gasteiger partial charge in [0.15, 0.2) is 0 Å². The summed E-state index contributed by atoms with van der Waals surface area (Å²) in [5.41, 5.74) is 1.62. The Morgan fingerprint density at radius 2 is 1.82 bits per heavy atom. The lowest BCUT2D eigenvalue weighted by molar-refractivity contribution is -0.137. The Hall–Kier alpha value is -2.89. The maximum absolute atomic E-state index is 13.2. The van der Waals surface area contributed by atoms with E-state index in [0.717, 1.165) is 24.1 Å². The topological polar surface area (TPSA) is 52.7 Å². The SMILES string of the molecule is CC(c1ccc(F)cc1)N(C)C(=O)C1CCCN(C(=O)Nc2ccccc2)C1. The standard InChI is InChI=1S/C22H26FN3O2/c1-16(17-10-12-19(23)13-11-17)25(2)21(27)18-7-6-14-26(15-18)22(28)24-20-8-4-3-5-9-20/h3-5,8-13,16,18H,6-7,14-15H2,1-2H3,(H,24,28). The van der Waals surface area contributed by atoms with Crippen molar-refractivity contribution < 1.29 is 14.0 Å². The number of piperidine rings is 1. The van der Waals surface area contributed by atoms with E-state index in [1.165, 1.54) is 12.1 Å². The molecule has 3 rings (SSSR count). The predicted molar refractivity (Wildman–Crippen MR) is 107 cm³/mol. The van der Waals surface area contributed by atoms with Crippen molar-refractivity contribution in [1.82, 2.24) is 9.80 Å². The molecule has 3 amide bonds. The van der Waals surface area contributed by atoms with Gasteiger partial charge >= 0.3 is 6.03 Å². The van der Waals surface area contributed by atoms with Crippen molar-refractivity contribution in [3.8, 4) is 0 Å². The highest BCUT2D eigenvalue weighted by molar-refractivity contribution is 5.90. The molecular formula is C22H26FN3O2. The third kappa shape index (κ3) is 4.68. The number of carbonyl (C=O) groups excluding carboxylic acids is 2. The Bertz CT molecular complexity index is 810. The maximum atomic E-state index is 13.2. The van der Waals surface area contributed by atoms with E-state index in [9.17, 15) is 14.0 Å². The molecule has 2 atom stereocenters. The molecule has 0 aromatic heterocycles. The van der Waals surface area contributed by atoms with Crippen molar-refractivity contribution in [1.29, 1.82) is 0 Å². The fourth-order valence-electron chi connectivity index (χ4n) is 3.53. The van der Waals surface area contributed by atoms with E-state index in [2.05, 4.69) is 5.32 Å². The third-order valence-corrected chi connectivity index (χ3v) is 5.36. The smallest absolute Gasteiger partial charge is 0.321 e. The minimum atomic E-state index is -0.294. The highest BCUT2D eigenvalue weighted by atomic mass is 19.1. The average Bonchev–Trinajstić information content (AvgIpc) is 2.73. The van der Waals surface area contributed by atoms with Crippen molar-refractivity contribution >= 4 is 17.6 Å². The lowest BCUT2D eigenvalue weighted by Crippen LogP contribution is -2.47. The summed E-state index contributed by atoms with van der Waals surface area (Å²) >= 11 is 0. The van der Waals surface area contributed by atoms with Gasteiger partial charge in [0.05, 0.1) is 12.0 Å². The van der Waals surface area contributed by atoms with Crippen molar-refractivity contribution in [2.45, 2.75) is 25.8 Å². The van der Waals surface area contributed by atoms with Crippen LogP contribution < -0.4 is 5.32 Å². The van der Waals surface area contributed by atoms with Crippen LogP contribution in [0.1, 0.15) is 31.4 Å². The van der Waals surface area contributed by atoms with Crippen molar-refractivity contribution in [2.24, 2.45) is 5.92 Å². The molecule has 0 spiro atoms. The molecule has 0 radical (unpaired) electrons. The van der Waals surface area contributed by atoms with Crippen LogP contribution in [0.15, 0.2) is 54.6 Å². The molecule has 6 heteroatoms. The number of anilines is 1. The zero-order chi connectivity index (χ0) is 20.1. The molecule has 1 heterocycles. The van der Waals surface area contributed by atoms with Crippen LogP contribution in [0.2, 0.25) is 0 Å². The van der Waals surface area contributed by atoms with Gasteiger partial charge in [-0.05, 0) is 49.6 Å². The van der Waals surface area contributed by atoms with E-state index in [0.29, 0.717) is 13.1 Å². The molecule has 0 aliphatic carbocycles. The number of benzene rings is 2. The van der Waals surface area contributed by atoms with Gasteiger partial charge in [0.2, 0.25) is 5.91 Å². The second-order valence-electron chi connectivity index (χ2n) is 7.26. The van der Waals surface area contributed by atoms with Crippen LogP contribution in [-0.2, 0) is 4.79 Å². The molecule has 2 unspecified atom stereocenters. The summed E-state index contributed by atoms with van der Waals surface area (Å²) in [7, 11) is 1.76. The highest BCUT2D eigenvalue weighted by Crippen LogP contribution is 2.25. The lowest BCUT2D eigenvalue weighted by atomic mass is 9.95. The molecule has 1 fully saturated rings. The Morgan fingerprint density at radius 1 is 1.14 bits per heavy atom. The molecule has 1 aliphatic heterocycles. The van der Waals surface area contributed by atoms with E-state index in [4.69, 9.17) is 0 Å². The molecular weight excluding hydrogens is 357 g/mol. The molecule has 2 aromatic rings. The monoisotopic (exact) mass is 383 g/mol. The number of urea groups is 1. The van der Waals surface area contributed by atoms with Gasteiger partial charge < -0.3 is 15.1 Å². The molecule has 0 bridgehead atoms. The largest absolute Gasteiger partial charge is 0.339 e. The van der Waals surface area contributed by atoms with E-state index < -0.39 is 0 Å². The second-order valence-corrected chi connectivity index (χ2v) is 7.26. The van der Waals surface area contributed by atoms with Crippen LogP contribution in [-0.4, -0.2) is 41.9 Å². The van der Waals surface area contributed by atoms with Gasteiger partial charge in [-0.3, -0.25) is 4.79 Å². The zero-order valence-corrected chi connectivity index (χ0v) is 16.3. The quantitative estimate of drug-likeness (QED) is 0.856. The third-order valence-electron chi connectivity index (χ3n) is 5.36. The predicted octanol–water partition coefficient (Wildman–Crippen LogP) is 4.29. The normalized spacial score (nSPS) is 17.7. The van der Waals surface area contributed by atoms with Crippen LogP contribution in [0.4, 0.5) is 14.9 Å². The Morgan fingerprint density at radius 3 is 2.50 bits per heavy atom. The molecule has 1 aliphatic rings. The molecule has 148 valence electrons. The number of halogens is 1. The van der Waals surface area contributed by atoms with Crippen LogP contribution >= 0.6 is 0 Å². The number of rotatable bonds is 4. The van der Waals surface area contributed by atoms with Gasteiger partial charge in [-0.2, -0.15) is 0 Å². The summed E-state index contributed by atoms with van der Waals surface area (Å²) in [6, 6.07) is 15.2. The number of para-hydroxylation sites is 1. The first-order valence-corrected chi connectivity index (χ1v) is 9.59. The Labute approximate surface area is 165 Å². The van der Waals surface area contributed by atoms with Crippen LogP contribution in [0.25, 0.3) is 0 Å². The molecule has 28 heavy (non-hydrogen) atoms. The first-order valence-electron chi connectivity index (χ1n) is 9.59. The van der Waals surface area contributed by atoms with Gasteiger partial charge in [-0.25, -0.2) is 9.18 Å². The number of nitrogens with one attached hydrogen (secondary N) is 1. The molecule has 1 saturated heterocycles. The summed E-state index contributed by atoms with van der Waals surface area (Å²) in [5.74, 6) is -0.519. The number of hydrogen-bond donors (Lipinski definition) is 1. The van der Waals surface area contributed by atoms with E-state index in [-0.39, 0.29) is 29.7 Å². The summed E-state index contributed by atoms with van der Waals surface area (Å²) in [5, 5.41) is 2.88. The van der Waals surface area contributed by atoms with Gasteiger partial charge in [0.1, 0.15) is 5.82 Å².